The molecule has 0 aliphatic rings. The van der Waals surface area contributed by atoms with E-state index in [0.29, 0.717) is 30.9 Å². The summed E-state index contributed by atoms with van der Waals surface area (Å²) in [6, 6.07) is 20.5. The van der Waals surface area contributed by atoms with Crippen LogP contribution in [0.3, 0.4) is 0 Å². The van der Waals surface area contributed by atoms with Crippen molar-refractivity contribution < 1.29 is 32.0 Å². The second kappa shape index (κ2) is 14.2. The topological polar surface area (TPSA) is 99.1 Å². The van der Waals surface area contributed by atoms with Gasteiger partial charge in [-0.1, -0.05) is 74.0 Å². The molecule has 0 radical (unpaired) electrons. The maximum atomic E-state index is 12.2. The van der Waals surface area contributed by atoms with E-state index in [1.165, 1.54) is 7.11 Å². The number of aliphatic carboxylic acids is 1. The molecular formula is C31H34O7S. The Morgan fingerprint density at radius 3 is 2.41 bits per heavy atom. The number of carboxylic acid groups (broad SMARTS) is 1. The third-order valence-corrected chi connectivity index (χ3v) is 7.06. The van der Waals surface area contributed by atoms with Gasteiger partial charge in [-0.05, 0) is 60.7 Å². The van der Waals surface area contributed by atoms with Crippen LogP contribution in [0.4, 0.5) is 0 Å². The molecule has 0 aromatic heterocycles. The summed E-state index contributed by atoms with van der Waals surface area (Å²) in [6.07, 6.45) is 7.34. The zero-order chi connectivity index (χ0) is 28.3. The first-order valence-corrected chi connectivity index (χ1v) is 14.3. The number of carboxylic acids is 1. The average molecular weight is 551 g/mol. The lowest BCUT2D eigenvalue weighted by Gasteiger charge is -2.12. The number of rotatable bonds is 14. The number of benzene rings is 3. The van der Waals surface area contributed by atoms with Gasteiger partial charge in [0.05, 0.1) is 12.9 Å². The molecule has 0 bridgehead atoms. The second-order valence-electron chi connectivity index (χ2n) is 8.99. The molecule has 0 aliphatic carbocycles. The zero-order valence-corrected chi connectivity index (χ0v) is 23.2. The minimum absolute atomic E-state index is 0.0454. The lowest BCUT2D eigenvalue weighted by atomic mass is 10.1. The third kappa shape index (κ3) is 9.33. The van der Waals surface area contributed by atoms with Crippen molar-refractivity contribution in [3.8, 4) is 17.2 Å². The van der Waals surface area contributed by atoms with Gasteiger partial charge >= 0.3 is 16.1 Å². The van der Waals surface area contributed by atoms with Crippen LogP contribution in [0, 0.1) is 0 Å². The molecular weight excluding hydrogens is 516 g/mol. The van der Waals surface area contributed by atoms with Crippen molar-refractivity contribution in [2.45, 2.75) is 39.7 Å². The Hall–Kier alpha value is -4.04. The van der Waals surface area contributed by atoms with Crippen LogP contribution in [-0.4, -0.2) is 32.4 Å². The molecule has 3 rings (SSSR count). The van der Waals surface area contributed by atoms with E-state index in [1.807, 2.05) is 67.6 Å². The first-order chi connectivity index (χ1) is 18.7. The van der Waals surface area contributed by atoms with Gasteiger partial charge in [0.25, 0.3) is 0 Å². The Kier molecular flexibility index (Phi) is 10.8. The first kappa shape index (κ1) is 29.5. The van der Waals surface area contributed by atoms with E-state index >= 15 is 0 Å². The molecule has 0 heterocycles. The fourth-order valence-electron chi connectivity index (χ4n) is 3.68. The van der Waals surface area contributed by atoms with E-state index in [0.717, 1.165) is 28.7 Å². The maximum absolute atomic E-state index is 12.2. The SMILES string of the molecule is CCCCS(=O)(=O)Oc1ccc(CC=Cc2ccc(C=C(C)C(=O)O)cc2OCc2ccccc2)cc1OC. The Morgan fingerprint density at radius 2 is 1.72 bits per heavy atom. The number of carbonyl (C=O) groups is 1. The molecule has 0 spiro atoms. The predicted molar refractivity (Wildman–Crippen MR) is 154 cm³/mol. The van der Waals surface area contributed by atoms with Crippen LogP contribution in [0.5, 0.6) is 17.2 Å². The Balaban J connectivity index is 1.79. The summed E-state index contributed by atoms with van der Waals surface area (Å²) in [4.78, 5) is 11.3. The van der Waals surface area contributed by atoms with Crippen LogP contribution >= 0.6 is 0 Å². The summed E-state index contributed by atoms with van der Waals surface area (Å²) in [7, 11) is -2.22. The molecule has 0 saturated carbocycles. The zero-order valence-electron chi connectivity index (χ0n) is 22.4. The molecule has 0 aliphatic heterocycles. The molecule has 1 N–H and O–H groups in total. The summed E-state index contributed by atoms with van der Waals surface area (Å²) >= 11 is 0. The Morgan fingerprint density at radius 1 is 0.949 bits per heavy atom. The largest absolute Gasteiger partial charge is 0.493 e. The minimum atomic E-state index is -3.69. The van der Waals surface area contributed by atoms with Crippen LogP contribution in [-0.2, 0) is 27.9 Å². The molecule has 0 amide bonds. The molecule has 3 aromatic carbocycles. The number of methoxy groups -OCH3 is 1. The number of unbranched alkanes of at least 4 members (excludes halogenated alkanes) is 1. The number of hydrogen-bond donors (Lipinski definition) is 1. The normalized spacial score (nSPS) is 11.9. The Labute approximate surface area is 230 Å². The minimum Gasteiger partial charge on any atom is -0.493 e. The van der Waals surface area contributed by atoms with E-state index in [1.54, 1.807) is 31.2 Å². The van der Waals surface area contributed by atoms with E-state index < -0.39 is 16.1 Å². The first-order valence-electron chi connectivity index (χ1n) is 12.7. The van der Waals surface area contributed by atoms with E-state index in [9.17, 15) is 18.3 Å². The summed E-state index contributed by atoms with van der Waals surface area (Å²) in [5, 5.41) is 9.23. The van der Waals surface area contributed by atoms with Crippen molar-refractivity contribution in [3.05, 3.63) is 101 Å². The van der Waals surface area contributed by atoms with E-state index in [4.69, 9.17) is 13.7 Å². The average Bonchev–Trinajstić information content (AvgIpc) is 2.92. The highest BCUT2D eigenvalue weighted by molar-refractivity contribution is 7.87. The van der Waals surface area contributed by atoms with Gasteiger partial charge in [-0.2, -0.15) is 8.42 Å². The molecule has 0 atom stereocenters. The fourth-order valence-corrected chi connectivity index (χ4v) is 4.82. The van der Waals surface area contributed by atoms with Gasteiger partial charge < -0.3 is 18.8 Å². The van der Waals surface area contributed by atoms with Crippen LogP contribution in [0.2, 0.25) is 0 Å². The van der Waals surface area contributed by atoms with Crippen LogP contribution in [0.15, 0.2) is 78.4 Å². The summed E-state index contributed by atoms with van der Waals surface area (Å²) in [5.74, 6) is 0.115. The van der Waals surface area contributed by atoms with Gasteiger partial charge in [-0.3, -0.25) is 0 Å². The quantitative estimate of drug-likeness (QED) is 0.180. The van der Waals surface area contributed by atoms with Gasteiger partial charge in [0.15, 0.2) is 11.5 Å². The predicted octanol–water partition coefficient (Wildman–Crippen LogP) is 6.53. The number of ether oxygens (including phenoxy) is 2. The molecule has 7 nitrogen and oxygen atoms in total. The van der Waals surface area contributed by atoms with Crippen molar-refractivity contribution in [3.63, 3.8) is 0 Å². The molecule has 8 heteroatoms. The lowest BCUT2D eigenvalue weighted by molar-refractivity contribution is -0.132. The van der Waals surface area contributed by atoms with Crippen molar-refractivity contribution in [2.24, 2.45) is 0 Å². The maximum Gasteiger partial charge on any atom is 0.331 e. The van der Waals surface area contributed by atoms with E-state index in [-0.39, 0.29) is 17.1 Å². The van der Waals surface area contributed by atoms with Crippen molar-refractivity contribution in [1.29, 1.82) is 0 Å². The van der Waals surface area contributed by atoms with Crippen LogP contribution in [0.25, 0.3) is 12.2 Å². The second-order valence-corrected chi connectivity index (χ2v) is 10.7. The summed E-state index contributed by atoms with van der Waals surface area (Å²) < 4.78 is 41.1. The summed E-state index contributed by atoms with van der Waals surface area (Å²) in [5.41, 5.74) is 3.71. The molecule has 3 aromatic rings. The van der Waals surface area contributed by atoms with Gasteiger partial charge in [0, 0.05) is 11.1 Å². The number of hydrogen-bond acceptors (Lipinski definition) is 6. The van der Waals surface area contributed by atoms with Crippen molar-refractivity contribution in [2.75, 3.05) is 12.9 Å². The van der Waals surface area contributed by atoms with Gasteiger partial charge in [0.1, 0.15) is 12.4 Å². The van der Waals surface area contributed by atoms with Crippen LogP contribution in [0.1, 0.15) is 48.9 Å². The van der Waals surface area contributed by atoms with Crippen LogP contribution < -0.4 is 13.7 Å². The molecule has 206 valence electrons. The van der Waals surface area contributed by atoms with Gasteiger partial charge in [-0.25, -0.2) is 4.79 Å². The van der Waals surface area contributed by atoms with Crippen molar-refractivity contribution in [1.82, 2.24) is 0 Å². The molecule has 0 fully saturated rings. The highest BCUT2D eigenvalue weighted by Crippen LogP contribution is 2.30. The van der Waals surface area contributed by atoms with E-state index in [2.05, 4.69) is 0 Å². The van der Waals surface area contributed by atoms with Crippen molar-refractivity contribution >= 4 is 28.2 Å². The highest BCUT2D eigenvalue weighted by Gasteiger charge is 2.16. The molecule has 39 heavy (non-hydrogen) atoms. The number of allylic oxidation sites excluding steroid dienone is 1. The summed E-state index contributed by atoms with van der Waals surface area (Å²) in [6.45, 7) is 3.83. The fraction of sp³-hybridized carbons (Fsp3) is 0.258. The monoisotopic (exact) mass is 550 g/mol. The third-order valence-electron chi connectivity index (χ3n) is 5.84. The van der Waals surface area contributed by atoms with Gasteiger partial charge in [-0.15, -0.1) is 0 Å². The van der Waals surface area contributed by atoms with Gasteiger partial charge in [0.2, 0.25) is 0 Å². The standard InChI is InChI=1S/C31H34O7S/c1-4-5-18-39(34,35)38-28-17-15-24(20-30(28)36-3)12-9-13-27-16-14-26(19-23(2)31(32)33)21-29(27)37-22-25-10-7-6-8-11-25/h6-11,13-17,19-21H,4-5,12,18,22H2,1-3H3,(H,32,33). The highest BCUT2D eigenvalue weighted by atomic mass is 32.2. The lowest BCUT2D eigenvalue weighted by Crippen LogP contribution is -2.14. The molecule has 0 saturated heterocycles. The Bertz CT molecular complexity index is 1420. The smallest absolute Gasteiger partial charge is 0.331 e. The molecule has 0 unspecified atom stereocenters.